The van der Waals surface area contributed by atoms with Gasteiger partial charge in [-0.3, -0.25) is 19.2 Å². The summed E-state index contributed by atoms with van der Waals surface area (Å²) in [7, 11) is 3.02. The number of nitrogens with zero attached hydrogens (tertiary/aromatic N) is 3. The number of carbonyl (C=O) groups is 4. The molecule has 1 atom stereocenters. The molecule has 0 saturated carbocycles. The summed E-state index contributed by atoms with van der Waals surface area (Å²) < 4.78 is 0. The number of hydrogen-bond donors (Lipinski definition) is 4. The number of anilines is 2. The molecule has 3 aromatic rings. The molecule has 1 aromatic carbocycles. The van der Waals surface area contributed by atoms with Gasteiger partial charge in [-0.15, -0.1) is 11.3 Å². The van der Waals surface area contributed by atoms with E-state index in [0.717, 1.165) is 5.56 Å². The molecule has 0 spiro atoms. The van der Waals surface area contributed by atoms with Gasteiger partial charge in [-0.2, -0.15) is 0 Å². The predicted molar refractivity (Wildman–Crippen MR) is 133 cm³/mol. The number of hydrogen-bond acceptors (Lipinski definition) is 8. The van der Waals surface area contributed by atoms with E-state index in [4.69, 9.17) is 17.3 Å². The van der Waals surface area contributed by atoms with Crippen molar-refractivity contribution in [1.82, 2.24) is 25.5 Å². The Morgan fingerprint density at radius 3 is 2.37 bits per heavy atom. The summed E-state index contributed by atoms with van der Waals surface area (Å²) in [6.07, 6.45) is 1.31. The first-order valence-corrected chi connectivity index (χ1v) is 11.4. The van der Waals surface area contributed by atoms with Crippen LogP contribution in [0.4, 0.5) is 10.9 Å². The molecule has 3 rings (SSSR count). The van der Waals surface area contributed by atoms with Crippen molar-refractivity contribution < 1.29 is 19.2 Å². The number of halogens is 1. The van der Waals surface area contributed by atoms with E-state index in [9.17, 15) is 19.2 Å². The van der Waals surface area contributed by atoms with Crippen LogP contribution in [-0.2, 0) is 14.4 Å². The number of benzene rings is 1. The molecule has 5 N–H and O–H groups in total. The Hall–Kier alpha value is -4.03. The van der Waals surface area contributed by atoms with Gasteiger partial charge >= 0.3 is 11.8 Å². The predicted octanol–water partition coefficient (Wildman–Crippen LogP) is 1.38. The third-order valence-corrected chi connectivity index (χ3v) is 5.55. The summed E-state index contributed by atoms with van der Waals surface area (Å²) in [5.74, 6) is -2.85. The van der Waals surface area contributed by atoms with Crippen LogP contribution >= 0.6 is 22.9 Å². The third-order valence-electron chi connectivity index (χ3n) is 4.65. The van der Waals surface area contributed by atoms with E-state index in [-0.39, 0.29) is 12.4 Å². The number of amides is 4. The van der Waals surface area contributed by atoms with Crippen molar-refractivity contribution in [2.75, 3.05) is 31.7 Å². The molecule has 0 saturated heterocycles. The fraction of sp³-hybridized carbons (Fsp3) is 0.182. The van der Waals surface area contributed by atoms with Crippen LogP contribution in [-0.4, -0.2) is 65.2 Å². The number of thiazole rings is 1. The zero-order chi connectivity index (χ0) is 25.5. The molecule has 2 aromatic heterocycles. The highest BCUT2D eigenvalue weighted by atomic mass is 35.5. The first kappa shape index (κ1) is 25.6. The van der Waals surface area contributed by atoms with Crippen molar-refractivity contribution in [3.63, 3.8) is 0 Å². The van der Waals surface area contributed by atoms with Crippen LogP contribution < -0.4 is 21.7 Å². The van der Waals surface area contributed by atoms with Gasteiger partial charge in [-0.05, 0) is 24.3 Å². The standard InChI is InChI=1S/C22H22ClN7O4S/c1-30(2)21(34)15(10-26-19(32)20(33)29-17-8-7-14(23)9-25-17)27-18(31)13-5-3-12(4-6-13)16-11-35-22(24)28-16/h3-9,11,15H,10H2,1-2H3,(H2,24,28)(H,26,32)(H,27,31)(H,25,29,33). The van der Waals surface area contributed by atoms with E-state index in [1.54, 1.807) is 29.6 Å². The number of rotatable bonds is 7. The minimum absolute atomic E-state index is 0.132. The van der Waals surface area contributed by atoms with Gasteiger partial charge in [0.15, 0.2) is 5.13 Å². The third kappa shape index (κ3) is 6.98. The number of aromatic nitrogens is 2. The Morgan fingerprint density at radius 1 is 1.09 bits per heavy atom. The molecule has 11 nitrogen and oxygen atoms in total. The number of pyridine rings is 1. The highest BCUT2D eigenvalue weighted by Crippen LogP contribution is 2.23. The maximum Gasteiger partial charge on any atom is 0.314 e. The Morgan fingerprint density at radius 2 is 1.80 bits per heavy atom. The highest BCUT2D eigenvalue weighted by molar-refractivity contribution is 7.13. The average molecular weight is 516 g/mol. The van der Waals surface area contributed by atoms with Crippen molar-refractivity contribution in [3.8, 4) is 11.3 Å². The molecule has 0 aliphatic heterocycles. The zero-order valence-corrected chi connectivity index (χ0v) is 20.3. The van der Waals surface area contributed by atoms with Gasteiger partial charge in [-0.25, -0.2) is 9.97 Å². The van der Waals surface area contributed by atoms with Crippen molar-refractivity contribution in [2.45, 2.75) is 6.04 Å². The number of nitrogens with two attached hydrogens (primary N) is 1. The Labute approximate surface area is 209 Å². The second-order valence-electron chi connectivity index (χ2n) is 7.43. The molecule has 0 aliphatic carbocycles. The molecule has 13 heteroatoms. The summed E-state index contributed by atoms with van der Waals surface area (Å²) in [5, 5.41) is 9.87. The van der Waals surface area contributed by atoms with E-state index in [2.05, 4.69) is 25.9 Å². The van der Waals surface area contributed by atoms with Gasteiger partial charge in [0, 0.05) is 43.3 Å². The molecule has 182 valence electrons. The van der Waals surface area contributed by atoms with E-state index in [1.807, 2.05) is 0 Å². The first-order valence-electron chi connectivity index (χ1n) is 10.2. The minimum Gasteiger partial charge on any atom is -0.375 e. The van der Waals surface area contributed by atoms with Crippen LogP contribution in [0.15, 0.2) is 48.0 Å². The lowest BCUT2D eigenvalue weighted by molar-refractivity contribution is -0.136. The van der Waals surface area contributed by atoms with Crippen LogP contribution in [0, 0.1) is 0 Å². The summed E-state index contributed by atoms with van der Waals surface area (Å²) in [6.45, 7) is -0.306. The normalized spacial score (nSPS) is 11.3. The smallest absolute Gasteiger partial charge is 0.314 e. The van der Waals surface area contributed by atoms with E-state index in [1.165, 1.54) is 48.7 Å². The largest absolute Gasteiger partial charge is 0.375 e. The molecular formula is C22H22ClN7O4S. The average Bonchev–Trinajstić information content (AvgIpc) is 3.28. The number of nitrogen functional groups attached to an aromatic ring is 1. The summed E-state index contributed by atoms with van der Waals surface area (Å²) in [4.78, 5) is 59.0. The van der Waals surface area contributed by atoms with Crippen LogP contribution in [0.5, 0.6) is 0 Å². The number of likely N-dealkylation sites (N-methyl/N-ethyl adjacent to an activating group) is 1. The van der Waals surface area contributed by atoms with E-state index in [0.29, 0.717) is 21.4 Å². The van der Waals surface area contributed by atoms with Crippen molar-refractivity contribution >= 4 is 57.5 Å². The van der Waals surface area contributed by atoms with Crippen molar-refractivity contribution in [2.24, 2.45) is 0 Å². The van der Waals surface area contributed by atoms with Gasteiger partial charge in [0.05, 0.1) is 10.7 Å². The topological polar surface area (TPSA) is 159 Å². The quantitative estimate of drug-likeness (QED) is 0.346. The van der Waals surface area contributed by atoms with Crippen LogP contribution in [0.2, 0.25) is 5.02 Å². The lowest BCUT2D eigenvalue weighted by atomic mass is 10.1. The van der Waals surface area contributed by atoms with Crippen LogP contribution in [0.1, 0.15) is 10.4 Å². The molecule has 0 fully saturated rings. The Bertz CT molecular complexity index is 1230. The summed E-state index contributed by atoms with van der Waals surface area (Å²) >= 11 is 7.05. The second-order valence-corrected chi connectivity index (χ2v) is 8.76. The van der Waals surface area contributed by atoms with Gasteiger partial charge in [-0.1, -0.05) is 23.7 Å². The van der Waals surface area contributed by atoms with E-state index < -0.39 is 29.7 Å². The van der Waals surface area contributed by atoms with Gasteiger partial charge in [0.1, 0.15) is 11.9 Å². The van der Waals surface area contributed by atoms with Gasteiger partial charge in [0.25, 0.3) is 5.91 Å². The number of carbonyl (C=O) groups excluding carboxylic acids is 4. The SMILES string of the molecule is CN(C)C(=O)C(CNC(=O)C(=O)Nc1ccc(Cl)cn1)NC(=O)c1ccc(-c2csc(N)n2)cc1. The lowest BCUT2D eigenvalue weighted by Crippen LogP contribution is -2.53. The summed E-state index contributed by atoms with van der Waals surface area (Å²) in [5.41, 5.74) is 7.43. The van der Waals surface area contributed by atoms with Crippen molar-refractivity contribution in [1.29, 1.82) is 0 Å². The Balaban J connectivity index is 1.62. The van der Waals surface area contributed by atoms with Crippen LogP contribution in [0.25, 0.3) is 11.3 Å². The molecule has 35 heavy (non-hydrogen) atoms. The maximum absolute atomic E-state index is 12.8. The fourth-order valence-electron chi connectivity index (χ4n) is 2.86. The maximum atomic E-state index is 12.8. The van der Waals surface area contributed by atoms with E-state index >= 15 is 0 Å². The lowest BCUT2D eigenvalue weighted by Gasteiger charge is -2.22. The molecular weight excluding hydrogens is 494 g/mol. The monoisotopic (exact) mass is 515 g/mol. The number of nitrogens with one attached hydrogen (secondary N) is 3. The minimum atomic E-state index is -1.11. The first-order chi connectivity index (χ1) is 16.6. The van der Waals surface area contributed by atoms with Crippen molar-refractivity contribution in [3.05, 3.63) is 58.6 Å². The van der Waals surface area contributed by atoms with Crippen LogP contribution in [0.3, 0.4) is 0 Å². The molecule has 4 amide bonds. The zero-order valence-electron chi connectivity index (χ0n) is 18.7. The Kier molecular flexibility index (Phi) is 8.34. The molecule has 0 radical (unpaired) electrons. The molecule has 2 heterocycles. The molecule has 0 bridgehead atoms. The molecule has 1 unspecified atom stereocenters. The van der Waals surface area contributed by atoms with Gasteiger partial charge < -0.3 is 26.6 Å². The molecule has 0 aliphatic rings. The highest BCUT2D eigenvalue weighted by Gasteiger charge is 2.25. The fourth-order valence-corrected chi connectivity index (χ4v) is 3.55. The van der Waals surface area contributed by atoms with Gasteiger partial charge in [0.2, 0.25) is 5.91 Å². The second kappa shape index (κ2) is 11.4. The summed E-state index contributed by atoms with van der Waals surface area (Å²) in [6, 6.07) is 8.42.